The van der Waals surface area contributed by atoms with Crippen LogP contribution in [0.15, 0.2) is 6.07 Å². The second kappa shape index (κ2) is 7.65. The van der Waals surface area contributed by atoms with E-state index < -0.39 is 12.1 Å². The summed E-state index contributed by atoms with van der Waals surface area (Å²) in [5.74, 6) is -0.385. The van der Waals surface area contributed by atoms with Crippen molar-refractivity contribution in [3.8, 4) is 0 Å². The first-order valence-electron chi connectivity index (χ1n) is 7.78. The van der Waals surface area contributed by atoms with Crippen molar-refractivity contribution in [1.82, 2.24) is 4.90 Å². The molecule has 7 nitrogen and oxygen atoms in total. The third kappa shape index (κ3) is 4.05. The predicted octanol–water partition coefficient (Wildman–Crippen LogP) is 2.59. The molecule has 0 aromatic carbocycles. The Labute approximate surface area is 144 Å². The highest BCUT2D eigenvalue weighted by atomic mass is 32.1. The van der Waals surface area contributed by atoms with Crippen LogP contribution in [0.1, 0.15) is 34.3 Å². The molecule has 1 aliphatic heterocycles. The van der Waals surface area contributed by atoms with E-state index in [1.165, 1.54) is 30.3 Å². The molecule has 8 heteroatoms. The summed E-state index contributed by atoms with van der Waals surface area (Å²) in [5.41, 5.74) is 0.581. The van der Waals surface area contributed by atoms with Crippen LogP contribution < -0.4 is 4.90 Å². The summed E-state index contributed by atoms with van der Waals surface area (Å²) in [6.45, 7) is 4.77. The van der Waals surface area contributed by atoms with Crippen LogP contribution in [0.3, 0.4) is 0 Å². The lowest BCUT2D eigenvalue weighted by Crippen LogP contribution is -2.42. The molecule has 2 rings (SSSR count). The number of thiophene rings is 1. The third-order valence-electron chi connectivity index (χ3n) is 4.20. The van der Waals surface area contributed by atoms with E-state index in [9.17, 15) is 14.4 Å². The molecule has 2 amide bonds. The molecule has 0 atom stereocenters. The van der Waals surface area contributed by atoms with Gasteiger partial charge in [0.2, 0.25) is 5.91 Å². The van der Waals surface area contributed by atoms with Crippen molar-refractivity contribution in [3.63, 3.8) is 0 Å². The number of ether oxygens (including phenoxy) is 1. The Morgan fingerprint density at radius 2 is 2.00 bits per heavy atom. The highest BCUT2D eigenvalue weighted by Crippen LogP contribution is 2.32. The fourth-order valence-corrected chi connectivity index (χ4v) is 3.83. The van der Waals surface area contributed by atoms with Gasteiger partial charge in [0, 0.05) is 31.4 Å². The molecule has 2 heterocycles. The average Bonchev–Trinajstić information content (AvgIpc) is 2.93. The van der Waals surface area contributed by atoms with Crippen LogP contribution >= 0.6 is 11.3 Å². The van der Waals surface area contributed by atoms with E-state index >= 15 is 0 Å². The Morgan fingerprint density at radius 3 is 2.50 bits per heavy atom. The fraction of sp³-hybridized carbons (Fsp3) is 0.562. The Hall–Kier alpha value is -2.09. The van der Waals surface area contributed by atoms with E-state index in [1.54, 1.807) is 4.90 Å². The molecule has 1 fully saturated rings. The van der Waals surface area contributed by atoms with E-state index in [0.717, 1.165) is 4.88 Å². The number of piperidine rings is 1. The van der Waals surface area contributed by atoms with Crippen molar-refractivity contribution in [2.24, 2.45) is 5.92 Å². The van der Waals surface area contributed by atoms with E-state index in [2.05, 4.69) is 0 Å². The van der Waals surface area contributed by atoms with Crippen molar-refractivity contribution in [2.45, 2.75) is 26.7 Å². The molecule has 0 bridgehead atoms. The van der Waals surface area contributed by atoms with Gasteiger partial charge in [0.25, 0.3) is 0 Å². The molecule has 0 saturated carbocycles. The van der Waals surface area contributed by atoms with Gasteiger partial charge in [-0.15, -0.1) is 11.3 Å². The van der Waals surface area contributed by atoms with Crippen molar-refractivity contribution in [1.29, 1.82) is 0 Å². The Morgan fingerprint density at radius 1 is 1.38 bits per heavy atom. The number of hydrogen-bond donors (Lipinski definition) is 1. The van der Waals surface area contributed by atoms with E-state index in [1.807, 2.05) is 13.0 Å². The predicted molar refractivity (Wildman–Crippen MR) is 90.7 cm³/mol. The molecular weight excluding hydrogens is 332 g/mol. The van der Waals surface area contributed by atoms with Crippen LogP contribution in [-0.2, 0) is 9.53 Å². The zero-order valence-corrected chi connectivity index (χ0v) is 14.9. The summed E-state index contributed by atoms with van der Waals surface area (Å²) in [5, 5.41) is 9.01. The van der Waals surface area contributed by atoms with Crippen LogP contribution in [0.5, 0.6) is 0 Å². The zero-order chi connectivity index (χ0) is 17.9. The largest absolute Gasteiger partial charge is 0.465 e. The smallest absolute Gasteiger partial charge is 0.407 e. The number of nitrogens with zero attached hydrogens (tertiary/aromatic N) is 2. The number of likely N-dealkylation sites (tertiary alicyclic amines) is 1. The van der Waals surface area contributed by atoms with Crippen molar-refractivity contribution < 1.29 is 24.2 Å². The molecule has 1 aromatic heterocycles. The van der Waals surface area contributed by atoms with Gasteiger partial charge >= 0.3 is 12.1 Å². The minimum Gasteiger partial charge on any atom is -0.465 e. The Bertz CT molecular complexity index is 634. The first-order chi connectivity index (χ1) is 11.3. The van der Waals surface area contributed by atoms with Gasteiger partial charge in [-0.25, -0.2) is 9.59 Å². The Balaban J connectivity index is 2.15. The minimum atomic E-state index is -0.904. The maximum absolute atomic E-state index is 12.1. The number of esters is 1. The highest BCUT2D eigenvalue weighted by molar-refractivity contribution is 7.14. The van der Waals surface area contributed by atoms with Gasteiger partial charge in [0.1, 0.15) is 4.88 Å². The lowest BCUT2D eigenvalue weighted by atomic mass is 9.96. The molecule has 0 aliphatic carbocycles. The van der Waals surface area contributed by atoms with Crippen LogP contribution in [-0.4, -0.2) is 54.7 Å². The number of carbonyl (C=O) groups is 3. The number of hydrogen-bond acceptors (Lipinski definition) is 5. The summed E-state index contributed by atoms with van der Waals surface area (Å²) in [6.07, 6.45) is 0.498. The summed E-state index contributed by atoms with van der Waals surface area (Å²) in [7, 11) is 1.32. The van der Waals surface area contributed by atoms with Gasteiger partial charge in [0.05, 0.1) is 12.8 Å². The summed E-state index contributed by atoms with van der Waals surface area (Å²) < 4.78 is 4.81. The molecule has 0 spiro atoms. The van der Waals surface area contributed by atoms with Crippen LogP contribution in [0.25, 0.3) is 0 Å². The monoisotopic (exact) mass is 354 g/mol. The Kier molecular flexibility index (Phi) is 5.82. The van der Waals surface area contributed by atoms with Gasteiger partial charge in [-0.3, -0.25) is 4.79 Å². The van der Waals surface area contributed by atoms with Crippen molar-refractivity contribution in [2.75, 3.05) is 31.6 Å². The average molecular weight is 354 g/mol. The summed E-state index contributed by atoms with van der Waals surface area (Å²) >= 11 is 1.30. The molecule has 1 N–H and O–H groups in total. The maximum Gasteiger partial charge on any atom is 0.407 e. The maximum atomic E-state index is 12.1. The van der Waals surface area contributed by atoms with Crippen molar-refractivity contribution in [3.05, 3.63) is 15.8 Å². The van der Waals surface area contributed by atoms with Crippen LogP contribution in [0.4, 0.5) is 10.5 Å². The lowest BCUT2D eigenvalue weighted by Gasteiger charge is -2.33. The standard InChI is InChI=1S/C16H22N2O5S/c1-10-8-13(14(24-10)15(20)23-3)18(11(2)19)9-12-4-6-17(7-5-12)16(21)22/h8,12H,4-7,9H2,1-3H3,(H,21,22). The van der Waals surface area contributed by atoms with E-state index in [-0.39, 0.29) is 11.8 Å². The topological polar surface area (TPSA) is 87.2 Å². The number of rotatable bonds is 4. The van der Waals surface area contributed by atoms with Crippen LogP contribution in [0, 0.1) is 12.8 Å². The number of carboxylic acid groups (broad SMARTS) is 1. The number of aryl methyl sites for hydroxylation is 1. The first-order valence-corrected chi connectivity index (χ1v) is 8.59. The van der Waals surface area contributed by atoms with Crippen LogP contribution in [0.2, 0.25) is 0 Å². The summed E-state index contributed by atoms with van der Waals surface area (Å²) in [6, 6.07) is 1.82. The van der Waals surface area contributed by atoms with Crippen molar-refractivity contribution >= 4 is 35.0 Å². The lowest BCUT2D eigenvalue weighted by molar-refractivity contribution is -0.116. The zero-order valence-electron chi connectivity index (χ0n) is 14.1. The van der Waals surface area contributed by atoms with E-state index in [0.29, 0.717) is 43.0 Å². The SMILES string of the molecule is COC(=O)c1sc(C)cc1N(CC1CCN(C(=O)O)CC1)C(C)=O. The molecular formula is C16H22N2O5S. The summed E-state index contributed by atoms with van der Waals surface area (Å²) in [4.78, 5) is 39.4. The highest BCUT2D eigenvalue weighted by Gasteiger charge is 2.28. The van der Waals surface area contributed by atoms with Gasteiger partial charge in [-0.2, -0.15) is 0 Å². The molecule has 132 valence electrons. The number of anilines is 1. The van der Waals surface area contributed by atoms with Gasteiger partial charge in [0.15, 0.2) is 0 Å². The molecule has 24 heavy (non-hydrogen) atoms. The molecule has 1 aliphatic rings. The third-order valence-corrected chi connectivity index (χ3v) is 5.22. The van der Waals surface area contributed by atoms with Gasteiger partial charge in [-0.1, -0.05) is 0 Å². The number of amides is 2. The molecule has 1 aromatic rings. The van der Waals surface area contributed by atoms with Gasteiger partial charge in [-0.05, 0) is 31.7 Å². The number of methoxy groups -OCH3 is 1. The molecule has 1 saturated heterocycles. The molecule has 0 radical (unpaired) electrons. The second-order valence-corrected chi connectivity index (χ2v) is 7.16. The normalized spacial score (nSPS) is 15.2. The minimum absolute atomic E-state index is 0.140. The first kappa shape index (κ1) is 18.3. The second-order valence-electron chi connectivity index (χ2n) is 5.91. The fourth-order valence-electron chi connectivity index (χ4n) is 2.90. The molecule has 0 unspecified atom stereocenters. The van der Waals surface area contributed by atoms with Gasteiger partial charge < -0.3 is 19.6 Å². The quantitative estimate of drug-likeness (QED) is 0.840. The van der Waals surface area contributed by atoms with E-state index in [4.69, 9.17) is 9.84 Å². The number of carbonyl (C=O) groups excluding carboxylic acids is 2.